The van der Waals surface area contributed by atoms with Crippen molar-refractivity contribution in [3.63, 3.8) is 0 Å². The van der Waals surface area contributed by atoms with E-state index in [4.69, 9.17) is 14.3 Å². The fraction of sp³-hybridized carbons (Fsp3) is 0.803. The van der Waals surface area contributed by atoms with Gasteiger partial charge in [-0.25, -0.2) is 9.86 Å². The third-order valence-electron chi connectivity index (χ3n) is 17.4. The normalized spacial score (nSPS) is 18.3. The SMILES string of the molecule is C/C=C/C[C@@H](C)[C@H]1ON(C(=O)[C@H](C(C)C)N(C)C(=O)[C@@H](CC(=O)[C@H](CC(C)C)N(C)C(=O)[C@@H](C)NC(=O)[C@H](C)CC(=O)[C@H](CC(C)C)N(C)C(=O)[C@@H](CC(=O)[C@@H](N(C)C(=O)[C@@H](C)NC)C(C)(C)C(OC)OC)C(C)C)CC(C)C)[C@@H]1C(=O)N[C@@H](CC)C(=O)O. The van der Waals surface area contributed by atoms with Crippen molar-refractivity contribution in [2.75, 3.05) is 49.5 Å². The van der Waals surface area contributed by atoms with E-state index in [1.165, 1.54) is 68.9 Å². The summed E-state index contributed by atoms with van der Waals surface area (Å²) in [5.41, 5.74) is -1.09. The summed E-state index contributed by atoms with van der Waals surface area (Å²) in [5, 5.41) is 18.9. The number of hydroxylamine groups is 2. The Kier molecular flexibility index (Phi) is 33.8. The third kappa shape index (κ3) is 22.3. The molecule has 510 valence electrons. The van der Waals surface area contributed by atoms with Crippen molar-refractivity contribution >= 4 is 64.7 Å². The van der Waals surface area contributed by atoms with E-state index in [9.17, 15) is 57.8 Å². The van der Waals surface area contributed by atoms with Gasteiger partial charge in [-0.2, -0.15) is 0 Å². The van der Waals surface area contributed by atoms with E-state index < -0.39 is 149 Å². The second kappa shape index (κ2) is 37.0. The number of carboxylic acids is 1. The molecule has 23 heteroatoms. The van der Waals surface area contributed by atoms with Crippen molar-refractivity contribution in [3.8, 4) is 0 Å². The highest BCUT2D eigenvalue weighted by Gasteiger charge is 2.54. The molecule has 0 unspecified atom stereocenters. The number of hydrogen-bond acceptors (Lipinski definition) is 15. The number of ether oxygens (including phenoxy) is 2. The molecule has 0 aliphatic carbocycles. The lowest BCUT2D eigenvalue weighted by Crippen LogP contribution is -2.71. The van der Waals surface area contributed by atoms with Crippen molar-refractivity contribution in [2.45, 2.75) is 237 Å². The number of methoxy groups -OCH3 is 2. The first-order valence-corrected chi connectivity index (χ1v) is 32.0. The highest BCUT2D eigenvalue weighted by Crippen LogP contribution is 2.37. The predicted octanol–water partition coefficient (Wildman–Crippen LogP) is 6.34. The summed E-state index contributed by atoms with van der Waals surface area (Å²) in [6.07, 6.45) is 2.53. The molecule has 0 saturated carbocycles. The average Bonchev–Trinajstić information content (AvgIpc) is 0.784. The number of allylic oxidation sites excluding steroid dienone is 2. The molecule has 1 fully saturated rings. The van der Waals surface area contributed by atoms with Crippen molar-refractivity contribution in [2.24, 2.45) is 58.7 Å². The van der Waals surface area contributed by atoms with E-state index in [1.807, 2.05) is 81.4 Å². The Morgan fingerprint density at radius 1 is 0.629 bits per heavy atom. The van der Waals surface area contributed by atoms with Gasteiger partial charge in [0.15, 0.2) is 29.7 Å². The Bertz CT molecular complexity index is 2420. The van der Waals surface area contributed by atoms with Gasteiger partial charge in [-0.1, -0.05) is 116 Å². The number of nitrogens with one attached hydrogen (secondary N) is 3. The van der Waals surface area contributed by atoms with E-state index in [0.717, 1.165) is 5.06 Å². The van der Waals surface area contributed by atoms with Gasteiger partial charge in [0.2, 0.25) is 35.4 Å². The van der Waals surface area contributed by atoms with Crippen LogP contribution in [0.5, 0.6) is 0 Å². The molecule has 0 aromatic carbocycles. The fourth-order valence-electron chi connectivity index (χ4n) is 12.1. The Hall–Kier alpha value is -5.65. The van der Waals surface area contributed by atoms with Gasteiger partial charge in [0.05, 0.1) is 24.2 Å². The van der Waals surface area contributed by atoms with Crippen LogP contribution in [0.4, 0.5) is 0 Å². The molecule has 1 aliphatic heterocycles. The van der Waals surface area contributed by atoms with Crippen LogP contribution in [-0.4, -0.2) is 205 Å². The highest BCUT2D eigenvalue weighted by molar-refractivity contribution is 5.99. The molecule has 13 atom stereocenters. The molecule has 0 radical (unpaired) electrons. The molecule has 1 aliphatic rings. The molecule has 1 saturated heterocycles. The van der Waals surface area contributed by atoms with Crippen LogP contribution in [0.25, 0.3) is 0 Å². The number of carboxylic acid groups (broad SMARTS) is 1. The van der Waals surface area contributed by atoms with Gasteiger partial charge in [0.1, 0.15) is 24.2 Å². The first-order valence-electron chi connectivity index (χ1n) is 32.0. The molecule has 1 rings (SSSR count). The standard InChI is InChI=1S/C66H116N8O15/c1-26-28-29-41(13)55-54(58(79)69-47(27-2)64(85)86)74(89-55)63(84)53(40(11)12)72(22)61(82)45(30-36(3)4)34-51(76)49(32-38(7)8)70(20)60(81)44(16)68-57(78)42(14)33-50(75)48(31-37(5)6)71(21)62(83)46(39(9)10)35-52(77)56(66(17,18)65(87-24)88-25)73(23)59(80)43(15)67-19/h26,28,36-49,53-56,65,67H,27,29-35H2,1-25H3,(H,68,78)(H,69,79)(H,85,86)/b28-26+/t41-,42-,43-,44-,45-,46+,47+,48+,49+,53+,54+,55-,56-/m1/s1. The van der Waals surface area contributed by atoms with Crippen LogP contribution in [0.3, 0.4) is 0 Å². The second-order valence-electron chi connectivity index (χ2n) is 27.4. The number of amides is 7. The maximum atomic E-state index is 14.8. The predicted molar refractivity (Wildman–Crippen MR) is 341 cm³/mol. The van der Waals surface area contributed by atoms with Crippen LogP contribution in [-0.2, 0) is 67.1 Å². The van der Waals surface area contributed by atoms with Crippen molar-refractivity contribution < 1.29 is 72.2 Å². The summed E-state index contributed by atoms with van der Waals surface area (Å²) < 4.78 is 11.2. The molecule has 0 bridgehead atoms. The van der Waals surface area contributed by atoms with Gasteiger partial charge in [0, 0.05) is 84.8 Å². The highest BCUT2D eigenvalue weighted by atomic mass is 16.7. The second-order valence-corrected chi connectivity index (χ2v) is 27.4. The minimum absolute atomic E-state index is 0.0739. The van der Waals surface area contributed by atoms with Gasteiger partial charge in [-0.05, 0) is 95.4 Å². The van der Waals surface area contributed by atoms with Gasteiger partial charge in [-0.15, -0.1) is 0 Å². The van der Waals surface area contributed by atoms with Crippen LogP contribution < -0.4 is 16.0 Å². The molecule has 1 heterocycles. The summed E-state index contributed by atoms with van der Waals surface area (Å²) in [5.74, 6) is -10.6. The number of hydrogen-bond donors (Lipinski definition) is 4. The molecule has 4 N–H and O–H groups in total. The Labute approximate surface area is 532 Å². The summed E-state index contributed by atoms with van der Waals surface area (Å²) in [7, 11) is 10.5. The number of Topliss-reactive ketones (excluding diaryl/α,β-unsaturated/α-hetero) is 3. The van der Waals surface area contributed by atoms with E-state index in [1.54, 1.807) is 55.5 Å². The molecule has 89 heavy (non-hydrogen) atoms. The Morgan fingerprint density at radius 3 is 1.56 bits per heavy atom. The topological polar surface area (TPSA) is 288 Å². The molecular weight excluding hydrogens is 1140 g/mol. The molecule has 0 spiro atoms. The molecule has 0 aromatic rings. The summed E-state index contributed by atoms with van der Waals surface area (Å²) in [6, 6.07) is -8.47. The number of nitrogens with zero attached hydrogens (tertiary/aromatic N) is 5. The zero-order valence-electron chi connectivity index (χ0n) is 58.7. The fourth-order valence-corrected chi connectivity index (χ4v) is 12.1. The van der Waals surface area contributed by atoms with Crippen molar-refractivity contribution in [1.82, 2.24) is 40.6 Å². The number of ketones is 3. The summed E-state index contributed by atoms with van der Waals surface area (Å²) in [6.45, 7) is 32.0. The van der Waals surface area contributed by atoms with Gasteiger partial charge < -0.3 is 50.1 Å². The third-order valence-corrected chi connectivity index (χ3v) is 17.4. The largest absolute Gasteiger partial charge is 0.480 e. The zero-order chi connectivity index (χ0) is 69.0. The lowest BCUT2D eigenvalue weighted by Gasteiger charge is -2.50. The Morgan fingerprint density at radius 2 is 1.12 bits per heavy atom. The zero-order valence-corrected chi connectivity index (χ0v) is 58.7. The monoisotopic (exact) mass is 1260 g/mol. The lowest BCUT2D eigenvalue weighted by molar-refractivity contribution is -0.321. The smallest absolute Gasteiger partial charge is 0.326 e. The first kappa shape index (κ1) is 81.4. The molecule has 23 nitrogen and oxygen atoms in total. The Balaban J connectivity index is 3.50. The van der Waals surface area contributed by atoms with Crippen LogP contribution in [0.2, 0.25) is 0 Å². The van der Waals surface area contributed by atoms with E-state index in [0.29, 0.717) is 6.42 Å². The number of likely N-dealkylation sites (N-methyl/N-ethyl adjacent to an activating group) is 5. The number of carbonyl (C=O) groups is 11. The van der Waals surface area contributed by atoms with Crippen LogP contribution in [0, 0.1) is 58.7 Å². The molecule has 0 aromatic heterocycles. The van der Waals surface area contributed by atoms with Gasteiger partial charge in [0.25, 0.3) is 5.91 Å². The maximum Gasteiger partial charge on any atom is 0.326 e. The van der Waals surface area contributed by atoms with E-state index in [2.05, 4.69) is 16.0 Å². The summed E-state index contributed by atoms with van der Waals surface area (Å²) in [4.78, 5) is 167. The van der Waals surface area contributed by atoms with Gasteiger partial charge in [-0.3, -0.25) is 52.8 Å². The first-order chi connectivity index (χ1) is 41.2. The van der Waals surface area contributed by atoms with Crippen molar-refractivity contribution in [3.05, 3.63) is 12.2 Å². The van der Waals surface area contributed by atoms with Crippen LogP contribution >= 0.6 is 0 Å². The van der Waals surface area contributed by atoms with E-state index in [-0.39, 0.29) is 80.4 Å². The average molecular weight is 1260 g/mol. The minimum Gasteiger partial charge on any atom is -0.480 e. The number of carbonyl (C=O) groups excluding carboxylic acids is 10. The minimum atomic E-state index is -1.23. The molecule has 7 amide bonds. The molecular formula is C66H116N8O15. The van der Waals surface area contributed by atoms with Crippen molar-refractivity contribution in [1.29, 1.82) is 0 Å². The quantitative estimate of drug-likeness (QED) is 0.0384. The number of rotatable bonds is 40. The van der Waals surface area contributed by atoms with Crippen LogP contribution in [0.1, 0.15) is 176 Å². The van der Waals surface area contributed by atoms with Gasteiger partial charge >= 0.3 is 5.97 Å². The maximum absolute atomic E-state index is 14.8. The van der Waals surface area contributed by atoms with Crippen LogP contribution in [0.15, 0.2) is 12.2 Å². The lowest BCUT2D eigenvalue weighted by atomic mass is 9.76. The van der Waals surface area contributed by atoms with E-state index >= 15 is 0 Å². The number of aliphatic carboxylic acids is 1. The summed E-state index contributed by atoms with van der Waals surface area (Å²) >= 11 is 0.